The summed E-state index contributed by atoms with van der Waals surface area (Å²) < 4.78 is 0. The number of nitrogens with two attached hydrogens (primary N) is 2. The minimum absolute atomic E-state index is 0.0986. The zero-order chi connectivity index (χ0) is 113. The van der Waals surface area contributed by atoms with Crippen molar-refractivity contribution >= 4 is 130 Å². The molecular formula is C96H170N22O27. The van der Waals surface area contributed by atoms with Crippen molar-refractivity contribution in [2.75, 3.05) is 90.2 Å². The Balaban J connectivity index is 0. The van der Waals surface area contributed by atoms with Gasteiger partial charge in [-0.2, -0.15) is 0 Å². The summed E-state index contributed by atoms with van der Waals surface area (Å²) >= 11 is 0. The number of amides is 20. The van der Waals surface area contributed by atoms with Gasteiger partial charge in [0.05, 0.1) is 49.6 Å². The van der Waals surface area contributed by atoms with E-state index in [1.807, 2.05) is 13.8 Å². The van der Waals surface area contributed by atoms with Gasteiger partial charge in [0, 0.05) is 77.1 Å². The summed E-state index contributed by atoms with van der Waals surface area (Å²) in [6.45, 7) is 35.5. The molecule has 826 valence electrons. The lowest BCUT2D eigenvalue weighted by atomic mass is 9.92. The SMILES string of the molecule is C/C=C/C[C@@H](C)[C@@H](O)[C@@H](C(=O)N[C@H](C(=O)N(C)CC(C)=O)[C@@H](C)O)N(C)C(=O)[C@H](C)N(C)C(=O)[C@H](C)NC(=O)[C@H](CC(C)C)N(C)C(=O)[C@@H](C)NC(=O)[C@H](C)NC(=O)[C@H](C)N(C)C(=O)[C@H](C)NC(=O)[C@@H](C)N.C/C=C/C[C@@H](C)[C@@H](O)[C@@H](C(=O)N[C@H](C(=O)N(C)CC(C)=O)[C@@H](C)O)N(C)C(=O)[C@H](C)N(C)C(=O)[C@H](C)NC(=O)[C@H](CC(C)CO)N(C)C(=O)[C@@H](C)NC(=O)[C@H](C)NC(=O)[C@H](C)N(C)C(=O)[C@H](C)NC(=O)[C@@H](C)N. The molecule has 1 unspecified atom stereocenters. The summed E-state index contributed by atoms with van der Waals surface area (Å²) in [6.07, 6.45) is 1.61. The smallest absolute Gasteiger partial charge is 0.247 e. The van der Waals surface area contributed by atoms with E-state index >= 15 is 0 Å². The lowest BCUT2D eigenvalue weighted by Gasteiger charge is -2.38. The van der Waals surface area contributed by atoms with E-state index in [0.29, 0.717) is 6.42 Å². The molecule has 0 fully saturated rings. The largest absolute Gasteiger partial charge is 0.396 e. The number of aliphatic hydroxyl groups is 5. The van der Waals surface area contributed by atoms with Gasteiger partial charge in [0.15, 0.2) is 0 Å². The Morgan fingerprint density at radius 3 is 0.766 bits per heavy atom. The predicted molar refractivity (Wildman–Crippen MR) is 537 cm³/mol. The van der Waals surface area contributed by atoms with Gasteiger partial charge in [-0.1, -0.05) is 58.9 Å². The van der Waals surface area contributed by atoms with E-state index in [1.165, 1.54) is 195 Å². The van der Waals surface area contributed by atoms with Crippen LogP contribution in [0, 0.1) is 23.7 Å². The van der Waals surface area contributed by atoms with Crippen molar-refractivity contribution in [1.82, 2.24) is 102 Å². The molecule has 19 N–H and O–H groups in total. The Bertz CT molecular complexity index is 4500. The number of carbonyl (C=O) groups excluding carboxylic acids is 22. The van der Waals surface area contributed by atoms with Gasteiger partial charge < -0.3 is 139 Å². The summed E-state index contributed by atoms with van der Waals surface area (Å²) in [5, 5.41) is 79.0. The number of likely N-dealkylation sites (N-methyl/N-ethyl adjacent to an activating group) is 10. The number of rotatable bonds is 57. The average molecular weight is 2060 g/mol. The molecule has 0 saturated carbocycles. The van der Waals surface area contributed by atoms with Gasteiger partial charge in [-0.15, -0.1) is 0 Å². The maximum absolute atomic E-state index is 14.1. The number of nitrogens with zero attached hydrogens (tertiary/aromatic N) is 10. The molecule has 0 heterocycles. The zero-order valence-electron chi connectivity index (χ0n) is 91.3. The summed E-state index contributed by atoms with van der Waals surface area (Å²) in [5.41, 5.74) is 11.1. The standard InChI is InChI=1S/C48H85N11O14.C48H85N11O13/c1-18-19-20-25(3)38(63)37(43(68)54-36(34(12)62)48(73)55(13)22-26(4)61)59(17)47(72)33(11)57(15)45(70)30(8)53-42(67)35(21-24(2)23-60)58(16)46(71)31(9)52-40(65)28(6)50-41(66)32(10)56(14)44(69)29(7)51-39(64)27(5)49;1-19-20-21-25(4)38(62)37(43(67)54-36(34(13)61)48(72)55(14)23-26(5)60)59(18)47(71)33(12)57(16)45(69)30(9)53-42(66)35(22-24(2)3)58(17)46(70)31(10)52-40(64)28(7)50-41(65)32(11)56(15)44(68)29(8)51-39(63)27(6)49/h18-19,24-25,27-38,60,62-63H,20-23,49H2,1-17H3,(H,50,66)(H,51,64)(H,52,65)(H,53,67)(H,54,68);19-20,24-25,27-38,61-62H,21-23,49H2,1-18H3,(H,50,65)(H,51,63)(H,52,64)(H,53,66)(H,54,67)/b19-18+;20-19+/t24?,25-,27-,28+,29+,30+,31-,32+,33+,34-,35+,36+,37+,38-;25-,27-,28+,29+,30+,31-,32+,33+,34-,35+,36+,37+,38-/m11/s1. The van der Waals surface area contributed by atoms with E-state index in [9.17, 15) is 131 Å². The fourth-order valence-electron chi connectivity index (χ4n) is 14.7. The van der Waals surface area contributed by atoms with Crippen molar-refractivity contribution in [2.24, 2.45) is 35.1 Å². The van der Waals surface area contributed by atoms with Crippen molar-refractivity contribution in [3.05, 3.63) is 24.3 Å². The summed E-state index contributed by atoms with van der Waals surface area (Å²) in [5.74, 6) is -17.7. The molecule has 0 rings (SSSR count). The van der Waals surface area contributed by atoms with Crippen LogP contribution in [0.5, 0.6) is 0 Å². The first-order chi connectivity index (χ1) is 66.7. The van der Waals surface area contributed by atoms with Crippen molar-refractivity contribution < 1.29 is 131 Å². The van der Waals surface area contributed by atoms with Crippen LogP contribution in [0.25, 0.3) is 0 Å². The highest BCUT2D eigenvalue weighted by molar-refractivity contribution is 6.02. The second-order valence-electron chi connectivity index (χ2n) is 38.6. The van der Waals surface area contributed by atoms with Gasteiger partial charge >= 0.3 is 0 Å². The van der Waals surface area contributed by atoms with Crippen molar-refractivity contribution in [3.63, 3.8) is 0 Å². The molecule has 145 heavy (non-hydrogen) atoms. The molecule has 0 spiro atoms. The topological polar surface area (TPSA) is 681 Å². The number of allylic oxidation sites excluding steroid dienone is 4. The second kappa shape index (κ2) is 63.4. The fourth-order valence-corrected chi connectivity index (χ4v) is 14.7. The Morgan fingerprint density at radius 1 is 0.283 bits per heavy atom. The van der Waals surface area contributed by atoms with Gasteiger partial charge in [-0.05, 0) is 188 Å². The minimum atomic E-state index is -1.66. The van der Waals surface area contributed by atoms with Crippen LogP contribution in [0.4, 0.5) is 0 Å². The zero-order valence-corrected chi connectivity index (χ0v) is 91.3. The second-order valence-corrected chi connectivity index (χ2v) is 38.6. The predicted octanol–water partition coefficient (Wildman–Crippen LogP) is -5.78. The van der Waals surface area contributed by atoms with Gasteiger partial charge in [0.2, 0.25) is 118 Å². The van der Waals surface area contributed by atoms with Crippen LogP contribution in [0.1, 0.15) is 199 Å². The molecule has 0 aliphatic carbocycles. The first-order valence-electron chi connectivity index (χ1n) is 48.4. The number of ketones is 2. The molecule has 0 saturated heterocycles. The van der Waals surface area contributed by atoms with Gasteiger partial charge in [0.25, 0.3) is 0 Å². The molecule has 49 heteroatoms. The van der Waals surface area contributed by atoms with E-state index in [1.54, 1.807) is 58.9 Å². The number of aliphatic hydroxyl groups excluding tert-OH is 5. The van der Waals surface area contributed by atoms with Crippen molar-refractivity contribution in [3.8, 4) is 0 Å². The van der Waals surface area contributed by atoms with Crippen molar-refractivity contribution in [2.45, 2.75) is 344 Å². The van der Waals surface area contributed by atoms with E-state index in [0.717, 1.165) is 49.0 Å². The number of carbonyl (C=O) groups is 22. The number of hydrogen-bond donors (Lipinski definition) is 17. The van der Waals surface area contributed by atoms with Crippen LogP contribution < -0.4 is 64.6 Å². The first kappa shape index (κ1) is 135. The molecule has 0 aromatic rings. The quantitative estimate of drug-likeness (QED) is 0.0252. The highest BCUT2D eigenvalue weighted by atomic mass is 16.3. The monoisotopic (exact) mass is 2060 g/mol. The Hall–Kier alpha value is -12.1. The number of Topliss-reactive ketones (excluding diaryl/α,β-unsaturated/α-hetero) is 2. The third kappa shape index (κ3) is 42.1. The molecule has 0 aromatic carbocycles. The average Bonchev–Trinajstić information content (AvgIpc) is 0.809. The molecule has 49 nitrogen and oxygen atoms in total. The molecular weight excluding hydrogens is 1890 g/mol. The maximum atomic E-state index is 14.1. The lowest BCUT2D eigenvalue weighted by molar-refractivity contribution is -0.152. The maximum Gasteiger partial charge on any atom is 0.247 e. The van der Waals surface area contributed by atoms with Crippen LogP contribution in [0.3, 0.4) is 0 Å². The molecule has 0 bridgehead atoms. The molecule has 0 aromatic heterocycles. The molecule has 27 atom stereocenters. The number of hydrogen-bond acceptors (Lipinski definition) is 29. The van der Waals surface area contributed by atoms with Crippen LogP contribution in [-0.4, -0.2) is 440 Å². The normalized spacial score (nSPS) is 17.0. The highest BCUT2D eigenvalue weighted by Crippen LogP contribution is 2.24. The molecule has 0 radical (unpaired) electrons. The van der Waals surface area contributed by atoms with E-state index in [2.05, 4.69) is 53.2 Å². The van der Waals surface area contributed by atoms with Gasteiger partial charge in [-0.25, -0.2) is 0 Å². The van der Waals surface area contributed by atoms with E-state index in [4.69, 9.17) is 11.5 Å². The molecule has 20 amide bonds. The summed E-state index contributed by atoms with van der Waals surface area (Å²) in [6, 6.07) is -24.9. The van der Waals surface area contributed by atoms with Crippen LogP contribution in [0.15, 0.2) is 24.3 Å². The summed E-state index contributed by atoms with van der Waals surface area (Å²) in [4.78, 5) is 302. The first-order valence-corrected chi connectivity index (χ1v) is 48.4. The molecule has 0 aliphatic heterocycles. The Labute approximate surface area is 852 Å². The fraction of sp³-hybridized carbons (Fsp3) is 0.729. The summed E-state index contributed by atoms with van der Waals surface area (Å²) in [7, 11) is 13.0. The third-order valence-corrected chi connectivity index (χ3v) is 24.9. The Morgan fingerprint density at radius 2 is 0.524 bits per heavy atom. The van der Waals surface area contributed by atoms with Crippen LogP contribution >= 0.6 is 0 Å². The van der Waals surface area contributed by atoms with Gasteiger partial charge in [0.1, 0.15) is 120 Å². The minimum Gasteiger partial charge on any atom is -0.396 e. The van der Waals surface area contributed by atoms with Crippen LogP contribution in [0.2, 0.25) is 0 Å². The number of nitrogens with one attached hydrogen (secondary N) is 10. The van der Waals surface area contributed by atoms with Crippen LogP contribution in [-0.2, 0) is 105 Å². The third-order valence-electron chi connectivity index (χ3n) is 24.9. The Kier molecular flexibility index (Phi) is 59.0. The highest BCUT2D eigenvalue weighted by Gasteiger charge is 2.46. The van der Waals surface area contributed by atoms with Gasteiger partial charge in [-0.3, -0.25) is 105 Å². The molecule has 0 aliphatic rings. The van der Waals surface area contributed by atoms with E-state index < -0.39 is 281 Å². The van der Waals surface area contributed by atoms with Crippen molar-refractivity contribution in [1.29, 1.82) is 0 Å². The van der Waals surface area contributed by atoms with E-state index in [-0.39, 0.29) is 56.4 Å². The lowest BCUT2D eigenvalue weighted by Crippen LogP contribution is -2.63.